The summed E-state index contributed by atoms with van der Waals surface area (Å²) in [7, 11) is -3.54. The number of carboxylic acids is 1. The molecule has 0 aliphatic heterocycles. The molecule has 4 amide bonds. The smallest absolute Gasteiger partial charge is 0.408 e. The molecule has 0 spiro atoms. The molecule has 0 saturated heterocycles. The molecule has 2 radical (unpaired) electrons. The number of alkyl carbamates (subject to hydrolysis) is 2. The largest absolute Gasteiger partial charge is 0.480 e. The molecule has 0 aromatic heterocycles. The Labute approximate surface area is 405 Å². The number of hydrogen-bond donors (Lipinski definition) is 6. The number of aliphatic hydroxyl groups excluding tert-OH is 1. The predicted octanol–water partition coefficient (Wildman–Crippen LogP) is 4.05. The Hall–Kier alpha value is -5.86. The number of carboxylic acid groups (broad SMARTS) is 1. The lowest BCUT2D eigenvalue weighted by Crippen LogP contribution is -2.57. The monoisotopic (exact) mass is 970 g/mol. The van der Waals surface area contributed by atoms with E-state index >= 15 is 0 Å². The zero-order chi connectivity index (χ0) is 51.0. The Kier molecular flexibility index (Phi) is 20.7. The Morgan fingerprint density at radius 1 is 0.515 bits per heavy atom. The molecule has 0 aliphatic carbocycles. The van der Waals surface area contributed by atoms with Crippen LogP contribution in [-0.4, -0.2) is 107 Å². The van der Waals surface area contributed by atoms with Crippen molar-refractivity contribution in [1.82, 2.24) is 16.0 Å². The number of benzene rings is 4. The van der Waals surface area contributed by atoms with Crippen LogP contribution in [0.2, 0.25) is 0 Å². The first-order valence-electron chi connectivity index (χ1n) is 22.3. The molecular weight excluding hydrogens is 901 g/mol. The highest BCUT2D eigenvalue weighted by Gasteiger charge is 2.31. The number of aliphatic carboxylic acids is 1. The van der Waals surface area contributed by atoms with Gasteiger partial charge in [-0.05, 0) is 84.2 Å². The normalized spacial score (nSPS) is 13.3. The van der Waals surface area contributed by atoms with Crippen LogP contribution in [0, 0.1) is 0 Å². The van der Waals surface area contributed by atoms with E-state index in [4.69, 9.17) is 24.1 Å². The maximum Gasteiger partial charge on any atom is 0.408 e. The van der Waals surface area contributed by atoms with Crippen LogP contribution >= 0.6 is 0 Å². The number of carbonyl (C=O) groups excluding carboxylic acids is 4. The number of nitrogens with two attached hydrogens (primary N) is 1. The summed E-state index contributed by atoms with van der Waals surface area (Å²) >= 11 is 0. The average Bonchev–Trinajstić information content (AvgIpc) is 3.24. The van der Waals surface area contributed by atoms with Gasteiger partial charge in [0.25, 0.3) is 18.1 Å². The van der Waals surface area contributed by atoms with Gasteiger partial charge in [0.1, 0.15) is 23.3 Å². The molecule has 0 aliphatic rings. The SMILES string of the molecule is CC(C)(C)OC(=O)NC(CO[Si](c1ccccc1)c1ccc(C(C)(C)C)cc1)C(=O)O.CC(C)(C)OC(=O)N[C@@H](CO[Si](c1ccccc1)c1ccc(C(C)(C)C)cc1)C(=O)N[C@@H](CO)C(N)=O. The number of carbonyl (C=O) groups is 5. The Balaban J connectivity index is 0.000000366. The van der Waals surface area contributed by atoms with Crippen LogP contribution in [-0.2, 0) is 43.5 Å². The van der Waals surface area contributed by atoms with Crippen LogP contribution in [0.3, 0.4) is 0 Å². The van der Waals surface area contributed by atoms with Crippen molar-refractivity contribution in [3.63, 3.8) is 0 Å². The highest BCUT2D eigenvalue weighted by atomic mass is 28.3. The van der Waals surface area contributed by atoms with Crippen molar-refractivity contribution in [1.29, 1.82) is 0 Å². The van der Waals surface area contributed by atoms with Crippen LogP contribution in [0.4, 0.5) is 9.59 Å². The lowest BCUT2D eigenvalue weighted by molar-refractivity contribution is -0.140. The van der Waals surface area contributed by atoms with Crippen molar-refractivity contribution in [2.75, 3.05) is 19.8 Å². The zero-order valence-electron chi connectivity index (χ0n) is 41.4. The first kappa shape index (κ1) is 56.5. The third-order valence-corrected chi connectivity index (χ3v) is 14.1. The molecule has 0 saturated carbocycles. The Bertz CT molecular complexity index is 2240. The minimum Gasteiger partial charge on any atom is -0.480 e. The molecule has 4 aromatic carbocycles. The fourth-order valence-corrected chi connectivity index (χ4v) is 10.1. The number of rotatable bonds is 17. The van der Waals surface area contributed by atoms with Gasteiger partial charge in [-0.15, -0.1) is 0 Å². The van der Waals surface area contributed by atoms with Gasteiger partial charge in [0, 0.05) is 0 Å². The summed E-state index contributed by atoms with van der Waals surface area (Å²) < 4.78 is 22.9. The van der Waals surface area contributed by atoms with E-state index in [0.717, 1.165) is 20.7 Å². The van der Waals surface area contributed by atoms with Crippen molar-refractivity contribution < 1.29 is 52.5 Å². The molecule has 4 rings (SSSR count). The van der Waals surface area contributed by atoms with Gasteiger partial charge in [-0.25, -0.2) is 14.4 Å². The van der Waals surface area contributed by atoms with Crippen LogP contribution in [0.15, 0.2) is 109 Å². The van der Waals surface area contributed by atoms with E-state index in [0.29, 0.717) is 0 Å². The van der Waals surface area contributed by atoms with Gasteiger partial charge in [-0.1, -0.05) is 151 Å². The molecule has 68 heavy (non-hydrogen) atoms. The molecule has 4 aromatic rings. The fourth-order valence-electron chi connectivity index (χ4n) is 6.16. The van der Waals surface area contributed by atoms with Crippen molar-refractivity contribution in [3.05, 3.63) is 120 Å². The molecule has 0 heterocycles. The summed E-state index contributed by atoms with van der Waals surface area (Å²) in [5, 5.41) is 30.2. The van der Waals surface area contributed by atoms with E-state index in [1.165, 1.54) is 11.1 Å². The second kappa shape index (κ2) is 25.0. The topological polar surface area (TPSA) is 225 Å². The van der Waals surface area contributed by atoms with Gasteiger partial charge in [0.05, 0.1) is 19.8 Å². The third kappa shape index (κ3) is 19.4. The maximum absolute atomic E-state index is 13.0. The summed E-state index contributed by atoms with van der Waals surface area (Å²) in [6, 6.07) is 32.1. The van der Waals surface area contributed by atoms with E-state index in [9.17, 15) is 34.2 Å². The van der Waals surface area contributed by atoms with Crippen LogP contribution in [0.1, 0.15) is 94.2 Å². The van der Waals surface area contributed by atoms with Crippen LogP contribution in [0.5, 0.6) is 0 Å². The highest BCUT2D eigenvalue weighted by Crippen LogP contribution is 2.22. The van der Waals surface area contributed by atoms with Gasteiger partial charge in [-0.3, -0.25) is 9.59 Å². The summed E-state index contributed by atoms with van der Waals surface area (Å²) in [5.74, 6) is -2.81. The Morgan fingerprint density at radius 2 is 0.853 bits per heavy atom. The summed E-state index contributed by atoms with van der Waals surface area (Å²) in [5.41, 5.74) is 6.14. The fraction of sp³-hybridized carbons (Fsp3) is 0.431. The number of hydrogen-bond acceptors (Lipinski definition) is 10. The molecule has 1 unspecified atom stereocenters. The van der Waals surface area contributed by atoms with Crippen LogP contribution < -0.4 is 42.4 Å². The highest BCUT2D eigenvalue weighted by molar-refractivity contribution is 6.80. The van der Waals surface area contributed by atoms with Crippen LogP contribution in [0.25, 0.3) is 0 Å². The lowest BCUT2D eigenvalue weighted by atomic mass is 9.87. The van der Waals surface area contributed by atoms with Gasteiger partial charge in [-0.2, -0.15) is 0 Å². The molecule has 368 valence electrons. The minimum atomic E-state index is -1.82. The number of nitrogens with one attached hydrogen (secondary N) is 3. The zero-order valence-corrected chi connectivity index (χ0v) is 43.4. The van der Waals surface area contributed by atoms with Crippen molar-refractivity contribution in [2.24, 2.45) is 5.73 Å². The first-order valence-corrected chi connectivity index (χ1v) is 25.1. The van der Waals surface area contributed by atoms with E-state index in [-0.39, 0.29) is 24.0 Å². The van der Waals surface area contributed by atoms with Gasteiger partial charge < -0.3 is 50.2 Å². The van der Waals surface area contributed by atoms with Gasteiger partial charge in [0.15, 0.2) is 6.04 Å². The standard InChI is InChI=1S/C27H38N3O6Si.C24H32NO5Si/c1-26(2,3)18-12-14-20(15-13-18)37(19-10-8-7-9-11-19)35-17-22(30-25(34)36-27(4,5)6)24(33)29-21(16-31)23(28)32;1-23(2,3)17-12-14-19(15-13-17)31(18-10-8-7-9-11-18)29-16-20(21(26)27)25-22(28)30-24(4,5)6/h7-15,21-22,31H,16-17H2,1-6H3,(H2,28,32)(H,29,33)(H,30,34);7-15,20H,16H2,1-6H3,(H,25,28)(H,26,27)/t21-,22-;/m0./s1. The molecule has 15 nitrogen and oxygen atoms in total. The maximum atomic E-state index is 13.0. The van der Waals surface area contributed by atoms with E-state index in [2.05, 4.69) is 81.8 Å². The molecule has 0 bridgehead atoms. The second-order valence-electron chi connectivity index (χ2n) is 20.0. The quantitative estimate of drug-likeness (QED) is 0.0829. The molecule has 3 atom stereocenters. The molecule has 0 fully saturated rings. The Morgan fingerprint density at radius 3 is 1.16 bits per heavy atom. The van der Waals surface area contributed by atoms with Gasteiger partial charge >= 0.3 is 18.2 Å². The minimum absolute atomic E-state index is 0.0107. The van der Waals surface area contributed by atoms with E-state index in [1.54, 1.807) is 41.5 Å². The van der Waals surface area contributed by atoms with Crippen molar-refractivity contribution in [3.8, 4) is 0 Å². The predicted molar refractivity (Wildman–Crippen MR) is 267 cm³/mol. The van der Waals surface area contributed by atoms with Crippen molar-refractivity contribution in [2.45, 2.75) is 123 Å². The molecule has 17 heteroatoms. The van der Waals surface area contributed by atoms with E-state index in [1.807, 2.05) is 84.9 Å². The average molecular weight is 971 g/mol. The number of amides is 4. The summed E-state index contributed by atoms with van der Waals surface area (Å²) in [4.78, 5) is 60.8. The summed E-state index contributed by atoms with van der Waals surface area (Å²) in [6.45, 7) is 22.1. The number of aliphatic hydroxyl groups is 1. The number of ether oxygens (including phenoxy) is 2. The second-order valence-corrected chi connectivity index (χ2v) is 24.3. The first-order chi connectivity index (χ1) is 31.6. The van der Waals surface area contributed by atoms with Crippen molar-refractivity contribution >= 4 is 68.8 Å². The molecule has 7 N–H and O–H groups in total. The molecular formula is C51H70N4O11Si2. The summed E-state index contributed by atoms with van der Waals surface area (Å²) in [6.07, 6.45) is -1.61. The van der Waals surface area contributed by atoms with Gasteiger partial charge in [0.2, 0.25) is 11.8 Å². The lowest BCUT2D eigenvalue weighted by Gasteiger charge is -2.26. The number of primary amides is 1. The third-order valence-electron chi connectivity index (χ3n) is 9.73. The van der Waals surface area contributed by atoms with E-state index < -0.39 is 84.0 Å².